The fraction of sp³-hybridized carbons (Fsp3) is 0.600. The van der Waals surface area contributed by atoms with Gasteiger partial charge in [0.05, 0.1) is 5.88 Å². The molecule has 1 atom stereocenters. The molecule has 0 spiro atoms. The average molecular weight is 285 g/mol. The predicted octanol–water partition coefficient (Wildman–Crippen LogP) is 3.51. The van der Waals surface area contributed by atoms with Gasteiger partial charge in [-0.15, -0.1) is 11.6 Å². The van der Waals surface area contributed by atoms with Crippen molar-refractivity contribution >= 4 is 11.6 Å². The van der Waals surface area contributed by atoms with E-state index in [0.717, 1.165) is 6.42 Å². The van der Waals surface area contributed by atoms with Gasteiger partial charge in [0.2, 0.25) is 0 Å². The molecule has 1 aromatic carbocycles. The van der Waals surface area contributed by atoms with Crippen LogP contribution < -0.4 is 9.47 Å². The summed E-state index contributed by atoms with van der Waals surface area (Å²) in [6, 6.07) is 5.90. The molecule has 0 aromatic heterocycles. The lowest BCUT2D eigenvalue weighted by Crippen LogP contribution is -2.46. The summed E-state index contributed by atoms with van der Waals surface area (Å²) in [4.78, 5) is 0. The molecule has 4 heteroatoms. The molecule has 1 heterocycles. The minimum atomic E-state index is -1.41. The lowest BCUT2D eigenvalue weighted by molar-refractivity contribution is -0.156. The third-order valence-electron chi connectivity index (χ3n) is 3.29. The van der Waals surface area contributed by atoms with E-state index < -0.39 is 5.79 Å². The molecule has 0 saturated carbocycles. The van der Waals surface area contributed by atoms with Crippen molar-refractivity contribution in [2.45, 2.75) is 44.8 Å². The van der Waals surface area contributed by atoms with Gasteiger partial charge in [-0.05, 0) is 30.5 Å². The van der Waals surface area contributed by atoms with Crippen LogP contribution in [0.15, 0.2) is 18.2 Å². The molecule has 1 N–H and O–H groups in total. The monoisotopic (exact) mass is 284 g/mol. The molecule has 3 nitrogen and oxygen atoms in total. The van der Waals surface area contributed by atoms with Gasteiger partial charge in [-0.25, -0.2) is 0 Å². The third-order valence-corrected chi connectivity index (χ3v) is 3.71. The van der Waals surface area contributed by atoms with E-state index >= 15 is 0 Å². The van der Waals surface area contributed by atoms with Gasteiger partial charge in [0.15, 0.2) is 18.1 Å². The molecular weight excluding hydrogens is 264 g/mol. The van der Waals surface area contributed by atoms with Crippen molar-refractivity contribution in [1.82, 2.24) is 0 Å². The van der Waals surface area contributed by atoms with E-state index in [2.05, 4.69) is 13.0 Å². The van der Waals surface area contributed by atoms with Crippen LogP contribution in [0, 0.1) is 0 Å². The number of aryl methyl sites for hydroxylation is 1. The van der Waals surface area contributed by atoms with E-state index in [-0.39, 0.29) is 12.5 Å². The van der Waals surface area contributed by atoms with Crippen molar-refractivity contribution < 1.29 is 14.6 Å². The van der Waals surface area contributed by atoms with E-state index in [1.165, 1.54) is 31.2 Å². The van der Waals surface area contributed by atoms with Crippen LogP contribution in [-0.4, -0.2) is 23.4 Å². The summed E-state index contributed by atoms with van der Waals surface area (Å²) in [6.45, 7) is 2.27. The quantitative estimate of drug-likeness (QED) is 0.642. The van der Waals surface area contributed by atoms with Crippen LogP contribution in [0.1, 0.15) is 38.2 Å². The van der Waals surface area contributed by atoms with E-state index in [9.17, 15) is 5.11 Å². The number of hydrogen-bond acceptors (Lipinski definition) is 3. The summed E-state index contributed by atoms with van der Waals surface area (Å²) < 4.78 is 11.0. The molecule has 0 saturated heterocycles. The Morgan fingerprint density at radius 2 is 2.11 bits per heavy atom. The van der Waals surface area contributed by atoms with E-state index in [0.29, 0.717) is 11.5 Å². The number of benzene rings is 1. The molecule has 1 aliphatic rings. The molecule has 0 amide bonds. The zero-order valence-corrected chi connectivity index (χ0v) is 12.1. The standard InChI is InChI=1S/C15H21ClO3/c1-2-3-4-5-6-12-7-8-13-14(9-12)19-15(17,10-16)11-18-13/h7-9,17H,2-6,10-11H2,1H3. The summed E-state index contributed by atoms with van der Waals surface area (Å²) in [7, 11) is 0. The molecule has 0 aliphatic carbocycles. The van der Waals surface area contributed by atoms with Gasteiger partial charge in [-0.1, -0.05) is 32.3 Å². The number of ether oxygens (including phenoxy) is 2. The van der Waals surface area contributed by atoms with Gasteiger partial charge in [-0.2, -0.15) is 0 Å². The Hall–Kier alpha value is -0.930. The molecule has 0 bridgehead atoms. The Morgan fingerprint density at radius 3 is 2.84 bits per heavy atom. The zero-order chi connectivity index (χ0) is 13.7. The molecule has 19 heavy (non-hydrogen) atoms. The number of aliphatic hydroxyl groups is 1. The van der Waals surface area contributed by atoms with Crippen molar-refractivity contribution in [3.8, 4) is 11.5 Å². The molecule has 0 radical (unpaired) electrons. The number of hydrogen-bond donors (Lipinski definition) is 1. The smallest absolute Gasteiger partial charge is 0.256 e. The summed E-state index contributed by atoms with van der Waals surface area (Å²) in [5.41, 5.74) is 1.21. The van der Waals surface area contributed by atoms with Crippen LogP contribution in [-0.2, 0) is 6.42 Å². The highest BCUT2D eigenvalue weighted by Crippen LogP contribution is 2.35. The lowest BCUT2D eigenvalue weighted by atomic mass is 10.1. The first-order valence-electron chi connectivity index (χ1n) is 6.90. The Kier molecular flexibility index (Phi) is 4.94. The number of fused-ring (bicyclic) bond motifs is 1. The van der Waals surface area contributed by atoms with E-state index in [4.69, 9.17) is 21.1 Å². The minimum Gasteiger partial charge on any atom is -0.483 e. The van der Waals surface area contributed by atoms with E-state index in [1.807, 2.05) is 12.1 Å². The predicted molar refractivity (Wildman–Crippen MR) is 76.1 cm³/mol. The second-order valence-corrected chi connectivity index (χ2v) is 5.33. The minimum absolute atomic E-state index is 0.00678. The second-order valence-electron chi connectivity index (χ2n) is 5.06. The first-order chi connectivity index (χ1) is 9.17. The number of halogens is 1. The van der Waals surface area contributed by atoms with Crippen molar-refractivity contribution in [3.63, 3.8) is 0 Å². The number of alkyl halides is 1. The van der Waals surface area contributed by atoms with Crippen LogP contribution in [0.5, 0.6) is 11.5 Å². The van der Waals surface area contributed by atoms with Crippen molar-refractivity contribution in [2.24, 2.45) is 0 Å². The van der Waals surface area contributed by atoms with Crippen LogP contribution in [0.25, 0.3) is 0 Å². The highest BCUT2D eigenvalue weighted by molar-refractivity contribution is 6.18. The molecule has 1 unspecified atom stereocenters. The summed E-state index contributed by atoms with van der Waals surface area (Å²) >= 11 is 5.69. The van der Waals surface area contributed by atoms with Crippen LogP contribution >= 0.6 is 11.6 Å². The molecule has 1 aliphatic heterocycles. The highest BCUT2D eigenvalue weighted by atomic mass is 35.5. The van der Waals surface area contributed by atoms with Crippen LogP contribution in [0.4, 0.5) is 0 Å². The number of rotatable bonds is 6. The first-order valence-corrected chi connectivity index (χ1v) is 7.43. The van der Waals surface area contributed by atoms with Crippen molar-refractivity contribution in [3.05, 3.63) is 23.8 Å². The Bertz CT molecular complexity index is 422. The Labute approximate surface area is 119 Å². The summed E-state index contributed by atoms with van der Waals surface area (Å²) in [5.74, 6) is -0.155. The fourth-order valence-electron chi connectivity index (χ4n) is 2.15. The first kappa shape index (κ1) is 14.5. The highest BCUT2D eigenvalue weighted by Gasteiger charge is 2.34. The van der Waals surface area contributed by atoms with Crippen molar-refractivity contribution in [1.29, 1.82) is 0 Å². The summed E-state index contributed by atoms with van der Waals surface area (Å²) in [6.07, 6.45) is 5.96. The molecule has 2 rings (SSSR count). The van der Waals surface area contributed by atoms with E-state index in [1.54, 1.807) is 0 Å². The molecule has 1 aromatic rings. The van der Waals surface area contributed by atoms with Crippen molar-refractivity contribution in [2.75, 3.05) is 12.5 Å². The average Bonchev–Trinajstić information content (AvgIpc) is 2.43. The molecule has 0 fully saturated rings. The second kappa shape index (κ2) is 6.49. The van der Waals surface area contributed by atoms with Gasteiger partial charge in [0, 0.05) is 0 Å². The Balaban J connectivity index is 2.00. The molecular formula is C15H21ClO3. The van der Waals surface area contributed by atoms with Gasteiger partial charge in [-0.3, -0.25) is 0 Å². The maximum Gasteiger partial charge on any atom is 0.256 e. The SMILES string of the molecule is CCCCCCc1ccc2c(c1)OC(O)(CCl)CO2. The van der Waals surface area contributed by atoms with Gasteiger partial charge in [0.25, 0.3) is 5.79 Å². The normalized spacial score (nSPS) is 21.4. The molecule has 106 valence electrons. The van der Waals surface area contributed by atoms with Crippen LogP contribution in [0.2, 0.25) is 0 Å². The largest absolute Gasteiger partial charge is 0.483 e. The number of unbranched alkanes of at least 4 members (excludes halogenated alkanes) is 3. The maximum absolute atomic E-state index is 9.98. The fourth-order valence-corrected chi connectivity index (χ4v) is 2.29. The van der Waals surface area contributed by atoms with Gasteiger partial charge >= 0.3 is 0 Å². The topological polar surface area (TPSA) is 38.7 Å². The lowest BCUT2D eigenvalue weighted by Gasteiger charge is -2.32. The Morgan fingerprint density at radius 1 is 1.26 bits per heavy atom. The van der Waals surface area contributed by atoms with Crippen LogP contribution in [0.3, 0.4) is 0 Å². The maximum atomic E-state index is 9.98. The van der Waals surface area contributed by atoms with Gasteiger partial charge < -0.3 is 14.6 Å². The zero-order valence-electron chi connectivity index (χ0n) is 11.3. The van der Waals surface area contributed by atoms with Gasteiger partial charge in [0.1, 0.15) is 0 Å². The summed E-state index contributed by atoms with van der Waals surface area (Å²) in [5, 5.41) is 9.98. The third kappa shape index (κ3) is 3.77.